The Kier molecular flexibility index (Phi) is 8.53. The van der Waals surface area contributed by atoms with Crippen LogP contribution in [0.4, 0.5) is 5.69 Å². The summed E-state index contributed by atoms with van der Waals surface area (Å²) >= 11 is 0. The highest BCUT2D eigenvalue weighted by Gasteiger charge is 2.33. The molecule has 5 rings (SSSR count). The van der Waals surface area contributed by atoms with Crippen molar-refractivity contribution in [3.63, 3.8) is 0 Å². The van der Waals surface area contributed by atoms with Crippen LogP contribution in [0.25, 0.3) is 48.1 Å². The fourth-order valence-corrected chi connectivity index (χ4v) is 6.28. The lowest BCUT2D eigenvalue weighted by Gasteiger charge is -2.16. The molecule has 0 atom stereocenters. The first-order chi connectivity index (χ1) is 22.2. The van der Waals surface area contributed by atoms with E-state index in [4.69, 9.17) is 19.7 Å². The van der Waals surface area contributed by atoms with Crippen LogP contribution in [-0.4, -0.2) is 0 Å². The van der Waals surface area contributed by atoms with E-state index in [1.54, 1.807) is 24.3 Å². The quantitative estimate of drug-likeness (QED) is 0.211. The molecule has 0 amide bonds. The molecule has 0 aromatic heterocycles. The van der Waals surface area contributed by atoms with E-state index in [1.807, 2.05) is 64.1 Å². The van der Waals surface area contributed by atoms with E-state index in [-0.39, 0.29) is 11.8 Å². The minimum Gasteiger partial charge on any atom is -0.242 e. The standard InChI is InChI=1S/C40H28N6/c1-23(2)15-28(21-42)37-31-13-11-25(20-41)17-33(31)40(46-7)38(37)27-10-8-9-26(18-27)36-34(22-43)32-19-29(44-5)12-14-30(32)39(36)35(45-6)16-24(3)4/h8-14,17-19,23-24H,15-16H2,1-4H3/b37-28+,39-35+. The van der Waals surface area contributed by atoms with Crippen molar-refractivity contribution in [1.82, 2.24) is 0 Å². The lowest BCUT2D eigenvalue weighted by molar-refractivity contribution is 0.651. The van der Waals surface area contributed by atoms with Crippen LogP contribution >= 0.6 is 0 Å². The fraction of sp³-hybridized carbons (Fsp3) is 0.200. The normalized spacial score (nSPS) is 15.3. The van der Waals surface area contributed by atoms with Crippen molar-refractivity contribution in [1.29, 1.82) is 15.8 Å². The maximum absolute atomic E-state index is 10.5. The van der Waals surface area contributed by atoms with Crippen LogP contribution in [-0.2, 0) is 0 Å². The zero-order valence-corrected chi connectivity index (χ0v) is 26.0. The van der Waals surface area contributed by atoms with Crippen LogP contribution in [0.1, 0.15) is 79.5 Å². The lowest BCUT2D eigenvalue weighted by atomic mass is 9.87. The Balaban J connectivity index is 1.85. The maximum atomic E-state index is 10.5. The van der Waals surface area contributed by atoms with E-state index in [2.05, 4.69) is 32.7 Å². The zero-order valence-electron chi connectivity index (χ0n) is 26.0. The highest BCUT2D eigenvalue weighted by Crippen LogP contribution is 2.52. The van der Waals surface area contributed by atoms with Gasteiger partial charge in [-0.05, 0) is 98.7 Å². The van der Waals surface area contributed by atoms with Gasteiger partial charge < -0.3 is 0 Å². The van der Waals surface area contributed by atoms with Gasteiger partial charge in [-0.3, -0.25) is 0 Å². The number of rotatable bonds is 6. The van der Waals surface area contributed by atoms with Crippen molar-refractivity contribution in [3.05, 3.63) is 145 Å². The summed E-state index contributed by atoms with van der Waals surface area (Å²) in [4.78, 5) is 11.5. The van der Waals surface area contributed by atoms with Gasteiger partial charge in [0.15, 0.2) is 11.4 Å². The van der Waals surface area contributed by atoms with E-state index in [0.29, 0.717) is 91.2 Å². The molecule has 0 fully saturated rings. The van der Waals surface area contributed by atoms with Crippen molar-refractivity contribution >= 4 is 39.2 Å². The Bertz CT molecular complexity index is 2060. The van der Waals surface area contributed by atoms with E-state index >= 15 is 0 Å². The predicted octanol–water partition coefficient (Wildman–Crippen LogP) is 10.4. The molecule has 0 saturated carbocycles. The third kappa shape index (κ3) is 5.27. The zero-order chi connectivity index (χ0) is 33.1. The van der Waals surface area contributed by atoms with Gasteiger partial charge in [-0.25, -0.2) is 14.5 Å². The van der Waals surface area contributed by atoms with Crippen LogP contribution < -0.4 is 0 Å². The number of hydrogen-bond donors (Lipinski definition) is 0. The summed E-state index contributed by atoms with van der Waals surface area (Å²) < 4.78 is 0. The van der Waals surface area contributed by atoms with Crippen molar-refractivity contribution in [2.24, 2.45) is 11.8 Å². The summed E-state index contributed by atoms with van der Waals surface area (Å²) in [5, 5.41) is 30.5. The Hall–Kier alpha value is -6.44. The molecule has 0 radical (unpaired) electrons. The van der Waals surface area contributed by atoms with Gasteiger partial charge in [-0.15, -0.1) is 0 Å². The average Bonchev–Trinajstić information content (AvgIpc) is 3.57. The van der Waals surface area contributed by atoms with E-state index in [1.165, 1.54) is 0 Å². The smallest absolute Gasteiger partial charge is 0.203 e. The van der Waals surface area contributed by atoms with Gasteiger partial charge in [-0.1, -0.05) is 70.0 Å². The van der Waals surface area contributed by atoms with E-state index < -0.39 is 0 Å². The molecule has 0 saturated heterocycles. The molecule has 2 aliphatic rings. The second-order valence-corrected chi connectivity index (χ2v) is 12.1. The highest BCUT2D eigenvalue weighted by molar-refractivity contribution is 6.27. The van der Waals surface area contributed by atoms with Crippen LogP contribution in [0.5, 0.6) is 0 Å². The molecule has 3 aromatic carbocycles. The summed E-state index contributed by atoms with van der Waals surface area (Å²) in [5.74, 6) is 0.385. The molecule has 6 heteroatoms. The second kappa shape index (κ2) is 12.7. The molecule has 3 aromatic rings. The summed E-state index contributed by atoms with van der Waals surface area (Å²) in [6.07, 6.45) is 1.03. The fourth-order valence-electron chi connectivity index (χ4n) is 6.28. The van der Waals surface area contributed by atoms with Gasteiger partial charge in [0, 0.05) is 5.57 Å². The summed E-state index contributed by atoms with van der Waals surface area (Å²) in [5.41, 5.74) is 9.41. The molecule has 0 spiro atoms. The Morgan fingerprint density at radius 2 is 1.37 bits per heavy atom. The Morgan fingerprint density at radius 1 is 0.696 bits per heavy atom. The molecule has 0 N–H and O–H groups in total. The largest absolute Gasteiger partial charge is 0.242 e. The monoisotopic (exact) mass is 592 g/mol. The van der Waals surface area contributed by atoms with Gasteiger partial charge in [-0.2, -0.15) is 15.8 Å². The molecule has 0 heterocycles. The molecule has 6 nitrogen and oxygen atoms in total. The van der Waals surface area contributed by atoms with Gasteiger partial charge in [0.1, 0.15) is 6.07 Å². The van der Waals surface area contributed by atoms with Gasteiger partial charge in [0.2, 0.25) is 5.70 Å². The number of nitrogens with zero attached hydrogens (tertiary/aromatic N) is 6. The van der Waals surface area contributed by atoms with Crippen LogP contribution in [0.3, 0.4) is 0 Å². The minimum atomic E-state index is 0.190. The molecule has 0 bridgehead atoms. The first kappa shape index (κ1) is 31.0. The van der Waals surface area contributed by atoms with Crippen molar-refractivity contribution in [2.45, 2.75) is 40.5 Å². The number of fused-ring (bicyclic) bond motifs is 2. The van der Waals surface area contributed by atoms with Gasteiger partial charge in [0.25, 0.3) is 0 Å². The Labute approximate surface area is 270 Å². The molecule has 2 aliphatic carbocycles. The second-order valence-electron chi connectivity index (χ2n) is 12.1. The van der Waals surface area contributed by atoms with E-state index in [9.17, 15) is 15.8 Å². The highest BCUT2D eigenvalue weighted by atomic mass is 14.7. The average molecular weight is 593 g/mol. The Morgan fingerprint density at radius 3 is 1.96 bits per heavy atom. The molecule has 0 aliphatic heterocycles. The molecular weight excluding hydrogens is 564 g/mol. The SMILES string of the molecule is [C-]#[N+]C1=C(c2cccc(C3=C(C#N)c4cc([N+]#[C-])ccc4/C3=C(/CC(C)C)[N+]#[C-])c2)/C(=C(/C#N)CC(C)C)c2ccc(C#N)cc21. The van der Waals surface area contributed by atoms with Crippen LogP contribution in [0.2, 0.25) is 0 Å². The topological polar surface area (TPSA) is 84.4 Å². The summed E-state index contributed by atoms with van der Waals surface area (Å²) in [6.45, 7) is 32.1. The van der Waals surface area contributed by atoms with Crippen LogP contribution in [0.15, 0.2) is 71.9 Å². The predicted molar refractivity (Wildman–Crippen MR) is 181 cm³/mol. The molecule has 218 valence electrons. The third-order valence-electron chi connectivity index (χ3n) is 8.07. The molecular formula is C40H28N6. The first-order valence-corrected chi connectivity index (χ1v) is 14.9. The van der Waals surface area contributed by atoms with E-state index in [0.717, 1.165) is 11.1 Å². The summed E-state index contributed by atoms with van der Waals surface area (Å²) in [6, 6.07) is 25.0. The number of nitriles is 3. The first-order valence-electron chi connectivity index (χ1n) is 14.9. The van der Waals surface area contributed by atoms with Crippen LogP contribution in [0, 0.1) is 65.5 Å². The maximum Gasteiger partial charge on any atom is 0.203 e. The number of allylic oxidation sites excluding steroid dienone is 7. The van der Waals surface area contributed by atoms with Crippen molar-refractivity contribution < 1.29 is 0 Å². The van der Waals surface area contributed by atoms with Crippen molar-refractivity contribution in [3.8, 4) is 18.2 Å². The molecule has 0 unspecified atom stereocenters. The third-order valence-corrected chi connectivity index (χ3v) is 8.07. The van der Waals surface area contributed by atoms with Gasteiger partial charge in [0.05, 0.1) is 43.0 Å². The minimum absolute atomic E-state index is 0.190. The summed E-state index contributed by atoms with van der Waals surface area (Å²) in [7, 11) is 0. The number of benzene rings is 3. The van der Waals surface area contributed by atoms with Gasteiger partial charge >= 0.3 is 0 Å². The lowest BCUT2D eigenvalue weighted by Crippen LogP contribution is -1.98. The molecule has 46 heavy (non-hydrogen) atoms. The van der Waals surface area contributed by atoms with Crippen molar-refractivity contribution in [2.75, 3.05) is 0 Å². The number of hydrogen-bond acceptors (Lipinski definition) is 3.